The SMILES string of the molecule is Cc1nn(CC(=O)Nc2ccn(Cc3cccc(F)c3)n2)c(C)c1Br. The second-order valence-corrected chi connectivity index (χ2v) is 6.51. The fourth-order valence-electron chi connectivity index (χ4n) is 2.49. The summed E-state index contributed by atoms with van der Waals surface area (Å²) in [6, 6.07) is 8.04. The first-order valence-corrected chi connectivity index (χ1v) is 8.49. The molecule has 0 radical (unpaired) electrons. The Morgan fingerprint density at radius 3 is 2.76 bits per heavy atom. The van der Waals surface area contributed by atoms with Gasteiger partial charge in [0.15, 0.2) is 5.82 Å². The average molecular weight is 406 g/mol. The minimum absolute atomic E-state index is 0.106. The van der Waals surface area contributed by atoms with Crippen LogP contribution in [0, 0.1) is 19.7 Å². The molecule has 0 fully saturated rings. The number of rotatable bonds is 5. The predicted octanol–water partition coefficient (Wildman–Crippen LogP) is 3.29. The fourth-order valence-corrected chi connectivity index (χ4v) is 2.77. The number of benzene rings is 1. The summed E-state index contributed by atoms with van der Waals surface area (Å²) in [5.41, 5.74) is 2.53. The van der Waals surface area contributed by atoms with Crippen LogP contribution in [0.5, 0.6) is 0 Å². The van der Waals surface area contributed by atoms with E-state index in [9.17, 15) is 9.18 Å². The van der Waals surface area contributed by atoms with Crippen LogP contribution in [-0.2, 0) is 17.9 Å². The van der Waals surface area contributed by atoms with Gasteiger partial charge in [-0.25, -0.2) is 4.39 Å². The van der Waals surface area contributed by atoms with E-state index in [1.165, 1.54) is 12.1 Å². The van der Waals surface area contributed by atoms with Gasteiger partial charge >= 0.3 is 0 Å². The highest BCUT2D eigenvalue weighted by Gasteiger charge is 2.12. The quantitative estimate of drug-likeness (QED) is 0.708. The highest BCUT2D eigenvalue weighted by molar-refractivity contribution is 9.10. The van der Waals surface area contributed by atoms with E-state index in [1.54, 1.807) is 27.7 Å². The lowest BCUT2D eigenvalue weighted by atomic mass is 10.2. The summed E-state index contributed by atoms with van der Waals surface area (Å²) >= 11 is 3.44. The van der Waals surface area contributed by atoms with E-state index in [1.807, 2.05) is 19.9 Å². The molecule has 0 unspecified atom stereocenters. The molecule has 2 aromatic heterocycles. The molecular weight excluding hydrogens is 389 g/mol. The molecule has 0 bridgehead atoms. The molecule has 0 aliphatic rings. The Labute approximate surface area is 152 Å². The first kappa shape index (κ1) is 17.3. The maximum Gasteiger partial charge on any atom is 0.247 e. The minimum Gasteiger partial charge on any atom is -0.308 e. The maximum absolute atomic E-state index is 13.2. The van der Waals surface area contributed by atoms with Crippen LogP contribution in [0.15, 0.2) is 41.0 Å². The molecule has 0 spiro atoms. The van der Waals surface area contributed by atoms with Gasteiger partial charge in [-0.2, -0.15) is 10.2 Å². The van der Waals surface area contributed by atoms with Crippen molar-refractivity contribution in [1.82, 2.24) is 19.6 Å². The van der Waals surface area contributed by atoms with E-state index in [0.717, 1.165) is 21.4 Å². The van der Waals surface area contributed by atoms with Crippen LogP contribution in [0.1, 0.15) is 17.0 Å². The van der Waals surface area contributed by atoms with Crippen molar-refractivity contribution < 1.29 is 9.18 Å². The number of hydrogen-bond acceptors (Lipinski definition) is 3. The molecule has 3 rings (SSSR count). The third kappa shape index (κ3) is 4.14. The van der Waals surface area contributed by atoms with Gasteiger partial charge in [0.05, 0.1) is 22.4 Å². The summed E-state index contributed by atoms with van der Waals surface area (Å²) in [6.07, 6.45) is 1.74. The van der Waals surface area contributed by atoms with E-state index in [2.05, 4.69) is 31.4 Å². The van der Waals surface area contributed by atoms with E-state index in [0.29, 0.717) is 12.4 Å². The highest BCUT2D eigenvalue weighted by atomic mass is 79.9. The third-order valence-corrected chi connectivity index (χ3v) is 4.88. The zero-order valence-electron chi connectivity index (χ0n) is 13.8. The molecule has 1 amide bonds. The molecule has 6 nitrogen and oxygen atoms in total. The van der Waals surface area contributed by atoms with Crippen molar-refractivity contribution in [2.45, 2.75) is 26.9 Å². The number of aryl methyl sites for hydroxylation is 1. The summed E-state index contributed by atoms with van der Waals surface area (Å²) in [5, 5.41) is 11.3. The van der Waals surface area contributed by atoms with Crippen molar-refractivity contribution in [3.8, 4) is 0 Å². The van der Waals surface area contributed by atoms with Gasteiger partial charge in [0, 0.05) is 12.3 Å². The van der Waals surface area contributed by atoms with Gasteiger partial charge in [-0.3, -0.25) is 14.2 Å². The monoisotopic (exact) mass is 405 g/mol. The lowest BCUT2D eigenvalue weighted by Crippen LogP contribution is -2.20. The number of carbonyl (C=O) groups is 1. The normalized spacial score (nSPS) is 10.9. The molecule has 25 heavy (non-hydrogen) atoms. The number of aromatic nitrogens is 4. The number of hydrogen-bond donors (Lipinski definition) is 1. The smallest absolute Gasteiger partial charge is 0.247 e. The van der Waals surface area contributed by atoms with Crippen LogP contribution >= 0.6 is 15.9 Å². The molecule has 8 heteroatoms. The Morgan fingerprint density at radius 2 is 2.08 bits per heavy atom. The fraction of sp³-hybridized carbons (Fsp3) is 0.235. The maximum atomic E-state index is 13.2. The highest BCUT2D eigenvalue weighted by Crippen LogP contribution is 2.19. The van der Waals surface area contributed by atoms with Gasteiger partial charge in [-0.15, -0.1) is 0 Å². The molecule has 0 aliphatic heterocycles. The predicted molar refractivity (Wildman–Crippen MR) is 95.8 cm³/mol. The van der Waals surface area contributed by atoms with Crippen molar-refractivity contribution >= 4 is 27.7 Å². The third-order valence-electron chi connectivity index (χ3n) is 3.73. The lowest BCUT2D eigenvalue weighted by molar-refractivity contribution is -0.117. The van der Waals surface area contributed by atoms with E-state index >= 15 is 0 Å². The van der Waals surface area contributed by atoms with E-state index in [4.69, 9.17) is 0 Å². The molecular formula is C17H17BrFN5O. The molecule has 0 saturated carbocycles. The Hall–Kier alpha value is -2.48. The van der Waals surface area contributed by atoms with Gasteiger partial charge in [0.25, 0.3) is 0 Å². The van der Waals surface area contributed by atoms with Gasteiger partial charge in [-0.05, 0) is 47.5 Å². The van der Waals surface area contributed by atoms with E-state index in [-0.39, 0.29) is 18.3 Å². The van der Waals surface area contributed by atoms with Crippen LogP contribution in [0.3, 0.4) is 0 Å². The van der Waals surface area contributed by atoms with Crippen LogP contribution in [0.4, 0.5) is 10.2 Å². The second-order valence-electron chi connectivity index (χ2n) is 5.72. The van der Waals surface area contributed by atoms with Crippen molar-refractivity contribution in [3.05, 3.63) is 63.8 Å². The summed E-state index contributed by atoms with van der Waals surface area (Å²) < 4.78 is 17.4. The van der Waals surface area contributed by atoms with Gasteiger partial charge in [0.1, 0.15) is 12.4 Å². The summed E-state index contributed by atoms with van der Waals surface area (Å²) in [6.45, 7) is 4.30. The number of amides is 1. The Balaban J connectivity index is 1.62. The Bertz CT molecular complexity index is 918. The number of nitrogens with zero attached hydrogens (tertiary/aromatic N) is 4. The summed E-state index contributed by atoms with van der Waals surface area (Å²) in [7, 11) is 0. The number of anilines is 1. The van der Waals surface area contributed by atoms with Crippen molar-refractivity contribution in [2.24, 2.45) is 0 Å². The molecule has 1 aromatic carbocycles. The van der Waals surface area contributed by atoms with Gasteiger partial charge in [-0.1, -0.05) is 12.1 Å². The second kappa shape index (κ2) is 7.18. The van der Waals surface area contributed by atoms with Crippen molar-refractivity contribution in [3.63, 3.8) is 0 Å². The van der Waals surface area contributed by atoms with Crippen LogP contribution in [-0.4, -0.2) is 25.5 Å². The summed E-state index contributed by atoms with van der Waals surface area (Å²) in [4.78, 5) is 12.2. The molecule has 0 saturated heterocycles. The molecule has 0 aliphatic carbocycles. The molecule has 0 atom stereocenters. The minimum atomic E-state index is -0.283. The Morgan fingerprint density at radius 1 is 1.28 bits per heavy atom. The molecule has 2 heterocycles. The standard InChI is InChI=1S/C17H17BrFN5O/c1-11-17(18)12(2)24(21-11)10-16(25)20-15-6-7-23(22-15)9-13-4-3-5-14(19)8-13/h3-8H,9-10H2,1-2H3,(H,20,22,25). The Kier molecular flexibility index (Phi) is 4.98. The number of carbonyl (C=O) groups excluding carboxylic acids is 1. The van der Waals surface area contributed by atoms with Crippen molar-refractivity contribution in [2.75, 3.05) is 5.32 Å². The molecule has 1 N–H and O–H groups in total. The van der Waals surface area contributed by atoms with E-state index < -0.39 is 0 Å². The zero-order chi connectivity index (χ0) is 18.0. The molecule has 3 aromatic rings. The molecule has 130 valence electrons. The largest absolute Gasteiger partial charge is 0.308 e. The van der Waals surface area contributed by atoms with Gasteiger partial charge in [0.2, 0.25) is 5.91 Å². The van der Waals surface area contributed by atoms with Gasteiger partial charge < -0.3 is 5.32 Å². The zero-order valence-corrected chi connectivity index (χ0v) is 15.4. The van der Waals surface area contributed by atoms with Crippen LogP contribution < -0.4 is 5.32 Å². The summed E-state index contributed by atoms with van der Waals surface area (Å²) in [5.74, 6) is -0.0506. The lowest BCUT2D eigenvalue weighted by Gasteiger charge is -2.05. The number of halogens is 2. The first-order valence-electron chi connectivity index (χ1n) is 7.69. The average Bonchev–Trinajstić information content (AvgIpc) is 3.08. The topological polar surface area (TPSA) is 64.7 Å². The van der Waals surface area contributed by atoms with Crippen LogP contribution in [0.25, 0.3) is 0 Å². The van der Waals surface area contributed by atoms with Crippen LogP contribution in [0.2, 0.25) is 0 Å². The first-order chi connectivity index (χ1) is 11.9. The van der Waals surface area contributed by atoms with Crippen molar-refractivity contribution in [1.29, 1.82) is 0 Å². The number of nitrogens with one attached hydrogen (secondary N) is 1.